The van der Waals surface area contributed by atoms with E-state index in [-0.39, 0.29) is 0 Å². The highest BCUT2D eigenvalue weighted by molar-refractivity contribution is 6.30. The third-order valence-electron chi connectivity index (χ3n) is 2.24. The van der Waals surface area contributed by atoms with E-state index < -0.39 is 0 Å². The van der Waals surface area contributed by atoms with Gasteiger partial charge in [0.25, 0.3) is 0 Å². The lowest BCUT2D eigenvalue weighted by Gasteiger charge is -2.05. The van der Waals surface area contributed by atoms with Gasteiger partial charge in [-0.25, -0.2) is 4.98 Å². The van der Waals surface area contributed by atoms with Crippen molar-refractivity contribution in [2.24, 2.45) is 0 Å². The zero-order valence-electron chi connectivity index (χ0n) is 9.02. The Morgan fingerprint density at radius 3 is 2.53 bits per heavy atom. The van der Waals surface area contributed by atoms with E-state index in [9.17, 15) is 0 Å². The molecule has 0 atom stereocenters. The highest BCUT2D eigenvalue weighted by Gasteiger charge is 1.97. The van der Waals surface area contributed by atoms with Crippen LogP contribution in [0.4, 0.5) is 11.5 Å². The molecule has 0 saturated carbocycles. The summed E-state index contributed by atoms with van der Waals surface area (Å²) in [5.74, 6) is 0.738. The number of nitrogens with zero attached hydrogens (tertiary/aromatic N) is 2. The van der Waals surface area contributed by atoms with Crippen molar-refractivity contribution >= 4 is 23.1 Å². The van der Waals surface area contributed by atoms with Crippen LogP contribution < -0.4 is 5.32 Å². The van der Waals surface area contributed by atoms with E-state index in [1.807, 2.05) is 30.3 Å². The molecule has 0 aliphatic rings. The van der Waals surface area contributed by atoms with Crippen LogP contribution in [0.2, 0.25) is 5.02 Å². The van der Waals surface area contributed by atoms with Crippen LogP contribution in [0.15, 0.2) is 42.6 Å². The first-order valence-electron chi connectivity index (χ1n) is 5.12. The minimum absolute atomic E-state index is 0.430. The van der Waals surface area contributed by atoms with Crippen molar-refractivity contribution in [1.29, 1.82) is 5.26 Å². The Balaban J connectivity index is 2.09. The van der Waals surface area contributed by atoms with Gasteiger partial charge in [0, 0.05) is 11.9 Å². The molecule has 0 unspecified atom stereocenters. The predicted octanol–water partition coefficient (Wildman–Crippen LogP) is 3.54. The Morgan fingerprint density at radius 1 is 1.18 bits per heavy atom. The normalized spacial score (nSPS) is 9.65. The van der Waals surface area contributed by atoms with Gasteiger partial charge in [0.05, 0.1) is 17.5 Å². The van der Waals surface area contributed by atoms with Gasteiger partial charge in [-0.3, -0.25) is 0 Å². The van der Waals surface area contributed by atoms with Gasteiger partial charge in [-0.15, -0.1) is 0 Å². The lowest BCUT2D eigenvalue weighted by atomic mass is 10.1. The van der Waals surface area contributed by atoms with E-state index >= 15 is 0 Å². The summed E-state index contributed by atoms with van der Waals surface area (Å²) in [6, 6.07) is 13.4. The smallest absolute Gasteiger partial charge is 0.130 e. The minimum atomic E-state index is 0.430. The molecule has 0 bridgehead atoms. The summed E-state index contributed by atoms with van der Waals surface area (Å²) in [6.07, 6.45) is 2.02. The average Bonchev–Trinajstić information content (AvgIpc) is 2.35. The largest absolute Gasteiger partial charge is 0.340 e. The number of hydrogen-bond acceptors (Lipinski definition) is 3. The number of aromatic nitrogens is 1. The lowest BCUT2D eigenvalue weighted by molar-refractivity contribution is 1.26. The predicted molar refractivity (Wildman–Crippen MR) is 68.3 cm³/mol. The van der Waals surface area contributed by atoms with Crippen molar-refractivity contribution < 1.29 is 0 Å². The highest BCUT2D eigenvalue weighted by Crippen LogP contribution is 2.16. The Labute approximate surface area is 105 Å². The molecule has 1 N–H and O–H groups in total. The number of halogens is 1. The molecule has 0 aliphatic heterocycles. The Kier molecular flexibility index (Phi) is 3.59. The monoisotopic (exact) mass is 243 g/mol. The maximum absolute atomic E-state index is 8.56. The maximum Gasteiger partial charge on any atom is 0.130 e. The van der Waals surface area contributed by atoms with Gasteiger partial charge in [-0.2, -0.15) is 5.26 Å². The van der Waals surface area contributed by atoms with Gasteiger partial charge in [0.2, 0.25) is 0 Å². The second-order valence-electron chi connectivity index (χ2n) is 3.52. The Morgan fingerprint density at radius 2 is 1.94 bits per heavy atom. The Bertz CT molecular complexity index is 526. The zero-order valence-corrected chi connectivity index (χ0v) is 9.78. The second kappa shape index (κ2) is 5.33. The first kappa shape index (κ1) is 11.4. The van der Waals surface area contributed by atoms with Gasteiger partial charge >= 0.3 is 0 Å². The van der Waals surface area contributed by atoms with Crippen LogP contribution in [0.25, 0.3) is 0 Å². The molecule has 0 spiro atoms. The zero-order chi connectivity index (χ0) is 12.1. The lowest BCUT2D eigenvalue weighted by Crippen LogP contribution is -1.93. The summed E-state index contributed by atoms with van der Waals surface area (Å²) in [4.78, 5) is 4.14. The van der Waals surface area contributed by atoms with Crippen LogP contribution in [0, 0.1) is 11.3 Å². The number of nitriles is 1. The molecule has 0 amide bonds. The molecule has 17 heavy (non-hydrogen) atoms. The van der Waals surface area contributed by atoms with E-state index in [1.54, 1.807) is 12.3 Å². The van der Waals surface area contributed by atoms with Gasteiger partial charge in [0.1, 0.15) is 5.82 Å². The molecule has 0 aliphatic carbocycles. The highest BCUT2D eigenvalue weighted by atomic mass is 35.5. The molecule has 3 nitrogen and oxygen atoms in total. The summed E-state index contributed by atoms with van der Waals surface area (Å²) < 4.78 is 0. The number of hydrogen-bond donors (Lipinski definition) is 1. The van der Waals surface area contributed by atoms with Crippen LogP contribution in [-0.2, 0) is 6.42 Å². The van der Waals surface area contributed by atoms with Crippen LogP contribution >= 0.6 is 11.6 Å². The average molecular weight is 244 g/mol. The molecule has 2 aromatic rings. The molecule has 0 radical (unpaired) electrons. The molecule has 2 rings (SSSR count). The summed E-state index contributed by atoms with van der Waals surface area (Å²) in [6.45, 7) is 0. The van der Waals surface area contributed by atoms with Crippen LogP contribution in [-0.4, -0.2) is 4.98 Å². The molecule has 1 aromatic carbocycles. The van der Waals surface area contributed by atoms with Crippen LogP contribution in [0.5, 0.6) is 0 Å². The molecular weight excluding hydrogens is 234 g/mol. The van der Waals surface area contributed by atoms with Crippen LogP contribution in [0.3, 0.4) is 0 Å². The fourth-order valence-corrected chi connectivity index (χ4v) is 1.51. The van der Waals surface area contributed by atoms with Gasteiger partial charge < -0.3 is 5.32 Å². The Hall–Kier alpha value is -2.05. The third kappa shape index (κ3) is 3.20. The molecule has 84 valence electrons. The minimum Gasteiger partial charge on any atom is -0.340 e. The fraction of sp³-hybridized carbons (Fsp3) is 0.0769. The van der Waals surface area contributed by atoms with E-state index in [1.165, 1.54) is 0 Å². The van der Waals surface area contributed by atoms with Crippen molar-refractivity contribution in [3.05, 3.63) is 53.2 Å². The van der Waals surface area contributed by atoms with Crippen LogP contribution in [0.1, 0.15) is 5.56 Å². The van der Waals surface area contributed by atoms with E-state index in [2.05, 4.69) is 16.4 Å². The first-order chi connectivity index (χ1) is 8.28. The van der Waals surface area contributed by atoms with Crippen molar-refractivity contribution in [1.82, 2.24) is 4.98 Å². The third-order valence-corrected chi connectivity index (χ3v) is 2.46. The van der Waals surface area contributed by atoms with E-state index in [4.69, 9.17) is 16.9 Å². The van der Waals surface area contributed by atoms with Gasteiger partial charge in [0.15, 0.2) is 0 Å². The van der Waals surface area contributed by atoms with Gasteiger partial charge in [-0.1, -0.05) is 23.7 Å². The van der Waals surface area contributed by atoms with Crippen molar-refractivity contribution in [3.8, 4) is 6.07 Å². The maximum atomic E-state index is 8.56. The number of benzene rings is 1. The number of pyridine rings is 1. The van der Waals surface area contributed by atoms with Gasteiger partial charge in [-0.05, 0) is 29.8 Å². The fourth-order valence-electron chi connectivity index (χ4n) is 1.39. The summed E-state index contributed by atoms with van der Waals surface area (Å²) in [5.41, 5.74) is 1.93. The molecular formula is C13H10ClN3. The summed E-state index contributed by atoms with van der Waals surface area (Å²) in [5, 5.41) is 12.3. The molecule has 0 fully saturated rings. The number of nitrogens with one attached hydrogen (secondary N) is 1. The molecule has 4 heteroatoms. The standard InChI is InChI=1S/C13H10ClN3/c14-11-3-6-13(16-9-11)17-12-4-1-10(2-5-12)7-8-15/h1-6,9H,7H2,(H,16,17). The summed E-state index contributed by atoms with van der Waals surface area (Å²) >= 11 is 5.75. The first-order valence-corrected chi connectivity index (χ1v) is 5.50. The van der Waals surface area contributed by atoms with Crippen molar-refractivity contribution in [2.45, 2.75) is 6.42 Å². The molecule has 0 saturated heterocycles. The van der Waals surface area contributed by atoms with Crippen molar-refractivity contribution in [3.63, 3.8) is 0 Å². The number of rotatable bonds is 3. The van der Waals surface area contributed by atoms with Crippen molar-refractivity contribution in [2.75, 3.05) is 5.32 Å². The summed E-state index contributed by atoms with van der Waals surface area (Å²) in [7, 11) is 0. The molecule has 1 aromatic heterocycles. The quantitative estimate of drug-likeness (QED) is 0.897. The van der Waals surface area contributed by atoms with E-state index in [0.717, 1.165) is 17.1 Å². The SMILES string of the molecule is N#CCc1ccc(Nc2ccc(Cl)cn2)cc1. The van der Waals surface area contributed by atoms with E-state index in [0.29, 0.717) is 11.4 Å². The number of anilines is 2. The molecule has 1 heterocycles. The second-order valence-corrected chi connectivity index (χ2v) is 3.95. The topological polar surface area (TPSA) is 48.7 Å².